The number of fused-ring (bicyclic) bond motifs is 1. The van der Waals surface area contributed by atoms with Gasteiger partial charge in [-0.25, -0.2) is 9.07 Å². The molecule has 0 fully saturated rings. The maximum atomic E-state index is 13.9. The van der Waals surface area contributed by atoms with E-state index < -0.39 is 6.04 Å². The number of carbonyl (C=O) groups excluding carboxylic acids is 1. The van der Waals surface area contributed by atoms with E-state index in [0.29, 0.717) is 34.2 Å². The molecule has 8 heteroatoms. The van der Waals surface area contributed by atoms with Gasteiger partial charge in [0.2, 0.25) is 5.95 Å². The molecule has 1 aromatic heterocycles. The minimum Gasteiger partial charge on any atom is -0.489 e. The lowest BCUT2D eigenvalue weighted by Gasteiger charge is -2.28. The van der Waals surface area contributed by atoms with Crippen LogP contribution in [0.15, 0.2) is 96.5 Å². The van der Waals surface area contributed by atoms with E-state index in [-0.39, 0.29) is 18.3 Å². The first-order valence-corrected chi connectivity index (χ1v) is 10.8. The molecule has 1 aliphatic heterocycles. The molecule has 1 amide bonds. The fourth-order valence-corrected chi connectivity index (χ4v) is 3.94. The second-order valence-electron chi connectivity index (χ2n) is 7.86. The van der Waals surface area contributed by atoms with Crippen molar-refractivity contribution in [2.45, 2.75) is 19.6 Å². The van der Waals surface area contributed by atoms with Crippen molar-refractivity contribution < 1.29 is 13.9 Å². The van der Waals surface area contributed by atoms with Crippen molar-refractivity contribution in [3.63, 3.8) is 0 Å². The molecule has 1 atom stereocenters. The van der Waals surface area contributed by atoms with Crippen molar-refractivity contribution in [3.8, 4) is 5.75 Å². The summed E-state index contributed by atoms with van der Waals surface area (Å²) in [5.74, 6) is 0.610. The van der Waals surface area contributed by atoms with Gasteiger partial charge in [-0.15, -0.1) is 0 Å². The number of ether oxygens (including phenoxy) is 1. The molecule has 0 spiro atoms. The number of hydrogen-bond donors (Lipinski definition) is 2. The van der Waals surface area contributed by atoms with E-state index in [4.69, 9.17) is 4.74 Å². The Morgan fingerprint density at radius 2 is 1.79 bits per heavy atom. The predicted octanol–water partition coefficient (Wildman–Crippen LogP) is 4.92. The summed E-state index contributed by atoms with van der Waals surface area (Å²) in [5, 5.41) is 10.5. The zero-order chi connectivity index (χ0) is 23.5. The molecule has 34 heavy (non-hydrogen) atoms. The highest BCUT2D eigenvalue weighted by molar-refractivity contribution is 6.06. The molecular formula is C26H22FN5O2. The second kappa shape index (κ2) is 9.19. The Morgan fingerprint density at radius 3 is 2.56 bits per heavy atom. The Labute approximate surface area is 195 Å². The molecule has 0 saturated heterocycles. The number of hydrogen-bond acceptors (Lipinski definition) is 5. The predicted molar refractivity (Wildman–Crippen MR) is 127 cm³/mol. The van der Waals surface area contributed by atoms with Gasteiger partial charge in [0.1, 0.15) is 30.5 Å². The maximum Gasteiger partial charge on any atom is 0.255 e. The quantitative estimate of drug-likeness (QED) is 0.431. The Bertz CT molecular complexity index is 1350. The van der Waals surface area contributed by atoms with Gasteiger partial charge in [0, 0.05) is 16.9 Å². The summed E-state index contributed by atoms with van der Waals surface area (Å²) in [4.78, 5) is 17.6. The molecule has 0 bridgehead atoms. The van der Waals surface area contributed by atoms with Gasteiger partial charge < -0.3 is 15.4 Å². The van der Waals surface area contributed by atoms with Crippen LogP contribution in [0.1, 0.15) is 24.1 Å². The number of allylic oxidation sites excluding steroid dienone is 1. The number of anilines is 2. The summed E-state index contributed by atoms with van der Waals surface area (Å²) in [7, 11) is 0. The molecule has 2 N–H and O–H groups in total. The first kappa shape index (κ1) is 21.4. The summed E-state index contributed by atoms with van der Waals surface area (Å²) in [6, 6.07) is 22.7. The Kier molecular flexibility index (Phi) is 5.78. The summed E-state index contributed by atoms with van der Waals surface area (Å²) < 4.78 is 21.3. The molecular weight excluding hydrogens is 433 g/mol. The van der Waals surface area contributed by atoms with E-state index >= 15 is 0 Å². The summed E-state index contributed by atoms with van der Waals surface area (Å²) >= 11 is 0. The number of aromatic nitrogens is 3. The zero-order valence-corrected chi connectivity index (χ0v) is 18.4. The van der Waals surface area contributed by atoms with E-state index in [9.17, 15) is 9.18 Å². The van der Waals surface area contributed by atoms with Crippen LogP contribution in [-0.4, -0.2) is 20.7 Å². The molecule has 1 aliphatic rings. The summed E-state index contributed by atoms with van der Waals surface area (Å²) in [5.41, 5.74) is 3.24. The first-order valence-electron chi connectivity index (χ1n) is 10.8. The minimum absolute atomic E-state index is 0.121. The van der Waals surface area contributed by atoms with Crippen LogP contribution in [0.2, 0.25) is 0 Å². The van der Waals surface area contributed by atoms with Crippen LogP contribution in [0.5, 0.6) is 5.75 Å². The van der Waals surface area contributed by atoms with Gasteiger partial charge in [-0.2, -0.15) is 10.1 Å². The smallest absolute Gasteiger partial charge is 0.255 e. The van der Waals surface area contributed by atoms with E-state index in [1.54, 1.807) is 35.0 Å². The van der Waals surface area contributed by atoms with E-state index in [2.05, 4.69) is 20.7 Å². The number of halogens is 1. The van der Waals surface area contributed by atoms with Crippen LogP contribution in [0.25, 0.3) is 0 Å². The maximum absolute atomic E-state index is 13.9. The third-order valence-electron chi connectivity index (χ3n) is 5.62. The first-order chi connectivity index (χ1) is 16.6. The van der Waals surface area contributed by atoms with Gasteiger partial charge in [0.05, 0.1) is 5.57 Å². The fraction of sp³-hybridized carbons (Fsp3) is 0.115. The number of nitrogens with zero attached hydrogens (tertiary/aromatic N) is 3. The van der Waals surface area contributed by atoms with Gasteiger partial charge in [-0.1, -0.05) is 48.5 Å². The van der Waals surface area contributed by atoms with Crippen molar-refractivity contribution in [1.29, 1.82) is 0 Å². The minimum atomic E-state index is -0.483. The number of nitrogens with one attached hydrogen (secondary N) is 2. The summed E-state index contributed by atoms with van der Waals surface area (Å²) in [6.45, 7) is 1.97. The largest absolute Gasteiger partial charge is 0.489 e. The Balaban J connectivity index is 1.42. The zero-order valence-electron chi connectivity index (χ0n) is 18.4. The van der Waals surface area contributed by atoms with Crippen molar-refractivity contribution in [1.82, 2.24) is 14.8 Å². The molecule has 7 nitrogen and oxygen atoms in total. The van der Waals surface area contributed by atoms with Crippen molar-refractivity contribution in [3.05, 3.63) is 113 Å². The van der Waals surface area contributed by atoms with Crippen LogP contribution in [0.3, 0.4) is 0 Å². The van der Waals surface area contributed by atoms with Crippen molar-refractivity contribution >= 4 is 17.5 Å². The summed E-state index contributed by atoms with van der Waals surface area (Å²) in [6.07, 6.45) is 1.45. The number of amides is 1. The normalized spacial score (nSPS) is 14.8. The highest BCUT2D eigenvalue weighted by atomic mass is 19.1. The van der Waals surface area contributed by atoms with Crippen molar-refractivity contribution in [2.75, 3.05) is 10.6 Å². The molecule has 0 aliphatic carbocycles. The van der Waals surface area contributed by atoms with Crippen LogP contribution in [0, 0.1) is 5.82 Å². The SMILES string of the molecule is CC1=C(C(=O)Nc2ccccc2)[C@H](c2ccc(OCc3ccccc3F)cc2)n2ncnc2N1. The lowest BCUT2D eigenvalue weighted by atomic mass is 9.95. The molecule has 5 rings (SSSR count). The average Bonchev–Trinajstić information content (AvgIpc) is 3.32. The van der Waals surface area contributed by atoms with Crippen LogP contribution in [0.4, 0.5) is 16.0 Å². The molecule has 0 saturated carbocycles. The molecule has 2 heterocycles. The number of benzene rings is 3. The monoisotopic (exact) mass is 455 g/mol. The lowest BCUT2D eigenvalue weighted by Crippen LogP contribution is -2.31. The highest BCUT2D eigenvalue weighted by Gasteiger charge is 2.33. The van der Waals surface area contributed by atoms with Gasteiger partial charge >= 0.3 is 0 Å². The third-order valence-corrected chi connectivity index (χ3v) is 5.62. The molecule has 170 valence electrons. The topological polar surface area (TPSA) is 81.1 Å². The fourth-order valence-electron chi connectivity index (χ4n) is 3.94. The van der Waals surface area contributed by atoms with Crippen LogP contribution in [-0.2, 0) is 11.4 Å². The standard InChI is InChI=1S/C26H22FN5O2/c1-17-23(25(33)31-20-8-3-2-4-9-20)24(32-26(30-17)28-16-29-32)18-11-13-21(14-12-18)34-15-19-7-5-6-10-22(19)27/h2-14,16,24H,15H2,1H3,(H,31,33)(H,28,29,30)/t24-/m0/s1. The molecule has 0 unspecified atom stereocenters. The molecule has 4 aromatic rings. The van der Waals surface area contributed by atoms with Crippen molar-refractivity contribution in [2.24, 2.45) is 0 Å². The number of para-hydroxylation sites is 1. The Morgan fingerprint density at radius 1 is 1.06 bits per heavy atom. The van der Waals surface area contributed by atoms with E-state index in [1.807, 2.05) is 49.4 Å². The van der Waals surface area contributed by atoms with Gasteiger partial charge in [0.25, 0.3) is 5.91 Å². The average molecular weight is 455 g/mol. The van der Waals surface area contributed by atoms with Crippen LogP contribution < -0.4 is 15.4 Å². The molecule has 3 aromatic carbocycles. The molecule has 0 radical (unpaired) electrons. The Hall–Kier alpha value is -4.46. The van der Waals surface area contributed by atoms with Gasteiger partial charge in [-0.3, -0.25) is 4.79 Å². The third kappa shape index (κ3) is 4.25. The highest BCUT2D eigenvalue weighted by Crippen LogP contribution is 2.35. The van der Waals surface area contributed by atoms with E-state index in [1.165, 1.54) is 12.4 Å². The van der Waals surface area contributed by atoms with Crippen LogP contribution >= 0.6 is 0 Å². The van der Waals surface area contributed by atoms with E-state index in [0.717, 1.165) is 5.56 Å². The number of rotatable bonds is 6. The lowest BCUT2D eigenvalue weighted by molar-refractivity contribution is -0.113. The van der Waals surface area contributed by atoms with Gasteiger partial charge in [-0.05, 0) is 42.8 Å². The van der Waals surface area contributed by atoms with Gasteiger partial charge in [0.15, 0.2) is 0 Å². The number of carbonyl (C=O) groups is 1. The second-order valence-corrected chi connectivity index (χ2v) is 7.86.